The van der Waals surface area contributed by atoms with Gasteiger partial charge in [-0.05, 0) is 56.0 Å². The molecular weight excluding hydrogens is 436 g/mol. The molecule has 182 valence electrons. The number of hydrogen-bond acceptors (Lipinski definition) is 3. The van der Waals surface area contributed by atoms with Crippen molar-refractivity contribution in [3.8, 4) is 0 Å². The molecule has 5 nitrogen and oxygen atoms in total. The summed E-state index contributed by atoms with van der Waals surface area (Å²) in [6, 6.07) is 29.0. The molecule has 1 fully saturated rings. The van der Waals surface area contributed by atoms with Gasteiger partial charge in [0.25, 0.3) is 0 Å². The van der Waals surface area contributed by atoms with Crippen molar-refractivity contribution in [2.45, 2.75) is 43.7 Å². The number of nitrogens with zero attached hydrogens (tertiary/aromatic N) is 2. The van der Waals surface area contributed by atoms with E-state index in [1.54, 1.807) is 4.90 Å². The van der Waals surface area contributed by atoms with Crippen molar-refractivity contribution in [3.05, 3.63) is 108 Å². The molecule has 4 rings (SSSR count). The van der Waals surface area contributed by atoms with Crippen LogP contribution < -0.4 is 0 Å². The van der Waals surface area contributed by atoms with Crippen LogP contribution in [0.3, 0.4) is 0 Å². The van der Waals surface area contributed by atoms with Gasteiger partial charge in [-0.3, -0.25) is 4.79 Å². The van der Waals surface area contributed by atoms with E-state index in [0.29, 0.717) is 13.0 Å². The molecular formula is C30H34N2O3. The molecule has 35 heavy (non-hydrogen) atoms. The van der Waals surface area contributed by atoms with Crippen LogP contribution in [-0.4, -0.2) is 59.0 Å². The van der Waals surface area contributed by atoms with Gasteiger partial charge in [-0.1, -0.05) is 91.0 Å². The van der Waals surface area contributed by atoms with Crippen molar-refractivity contribution < 1.29 is 14.7 Å². The molecule has 0 aromatic heterocycles. The second-order valence-corrected chi connectivity index (χ2v) is 9.41. The summed E-state index contributed by atoms with van der Waals surface area (Å²) in [4.78, 5) is 29.9. The van der Waals surface area contributed by atoms with Gasteiger partial charge in [-0.2, -0.15) is 0 Å². The average molecular weight is 471 g/mol. The fraction of sp³-hybridized carbons (Fsp3) is 0.333. The number of aryl methyl sites for hydroxylation is 1. The van der Waals surface area contributed by atoms with Crippen LogP contribution in [0.2, 0.25) is 0 Å². The minimum Gasteiger partial charge on any atom is -0.480 e. The van der Waals surface area contributed by atoms with Crippen LogP contribution in [0.25, 0.3) is 0 Å². The first-order valence-electron chi connectivity index (χ1n) is 12.4. The van der Waals surface area contributed by atoms with Crippen LogP contribution in [-0.2, 0) is 16.0 Å². The molecule has 0 saturated carbocycles. The summed E-state index contributed by atoms with van der Waals surface area (Å²) in [5.74, 6) is -1.60. The number of carboxylic acids is 1. The van der Waals surface area contributed by atoms with Gasteiger partial charge >= 0.3 is 5.97 Å². The Kier molecular flexibility index (Phi) is 8.32. The van der Waals surface area contributed by atoms with E-state index < -0.39 is 17.9 Å². The van der Waals surface area contributed by atoms with Crippen molar-refractivity contribution in [2.75, 3.05) is 20.1 Å². The van der Waals surface area contributed by atoms with Gasteiger partial charge in [0.15, 0.2) is 0 Å². The summed E-state index contributed by atoms with van der Waals surface area (Å²) in [6.07, 6.45) is 3.60. The molecule has 1 saturated heterocycles. The number of likely N-dealkylation sites (N-methyl/N-ethyl adjacent to an activating group) is 1. The zero-order valence-electron chi connectivity index (χ0n) is 20.3. The van der Waals surface area contributed by atoms with E-state index in [4.69, 9.17) is 0 Å². The lowest BCUT2D eigenvalue weighted by molar-refractivity contribution is -0.148. The minimum atomic E-state index is -0.932. The van der Waals surface area contributed by atoms with E-state index in [1.807, 2.05) is 73.8 Å². The average Bonchev–Trinajstić information content (AvgIpc) is 3.35. The zero-order valence-corrected chi connectivity index (χ0v) is 20.3. The van der Waals surface area contributed by atoms with E-state index >= 15 is 0 Å². The highest BCUT2D eigenvalue weighted by Crippen LogP contribution is 2.31. The van der Waals surface area contributed by atoms with Crippen molar-refractivity contribution in [1.82, 2.24) is 9.80 Å². The summed E-state index contributed by atoms with van der Waals surface area (Å²) in [6.45, 7) is 1.31. The second-order valence-electron chi connectivity index (χ2n) is 9.41. The van der Waals surface area contributed by atoms with Crippen LogP contribution in [0.1, 0.15) is 41.9 Å². The van der Waals surface area contributed by atoms with Crippen LogP contribution >= 0.6 is 0 Å². The van der Waals surface area contributed by atoms with E-state index in [2.05, 4.69) is 29.2 Å². The molecule has 1 heterocycles. The Morgan fingerprint density at radius 2 is 1.43 bits per heavy atom. The zero-order chi connectivity index (χ0) is 24.6. The molecule has 1 aliphatic heterocycles. The Morgan fingerprint density at radius 1 is 0.886 bits per heavy atom. The molecule has 3 aromatic rings. The molecule has 0 aliphatic carbocycles. The van der Waals surface area contributed by atoms with Crippen molar-refractivity contribution in [1.29, 1.82) is 0 Å². The lowest BCUT2D eigenvalue weighted by Gasteiger charge is -2.28. The number of carbonyl (C=O) groups excluding carboxylic acids is 1. The molecule has 5 heteroatoms. The number of hydrogen-bond donors (Lipinski definition) is 1. The summed E-state index contributed by atoms with van der Waals surface area (Å²) in [5, 5.41) is 9.98. The molecule has 0 bridgehead atoms. The molecule has 1 N–H and O–H groups in total. The number of benzene rings is 3. The predicted molar refractivity (Wildman–Crippen MR) is 138 cm³/mol. The molecule has 0 radical (unpaired) electrons. The van der Waals surface area contributed by atoms with Crippen molar-refractivity contribution in [2.24, 2.45) is 0 Å². The summed E-state index contributed by atoms with van der Waals surface area (Å²) >= 11 is 0. The monoisotopic (exact) mass is 470 g/mol. The minimum absolute atomic E-state index is 0.0315. The van der Waals surface area contributed by atoms with Gasteiger partial charge in [-0.15, -0.1) is 0 Å². The lowest BCUT2D eigenvalue weighted by atomic mass is 9.90. The number of likely N-dealkylation sites (tertiary alicyclic amines) is 1. The Bertz CT molecular complexity index is 1050. The Morgan fingerprint density at radius 3 is 1.97 bits per heavy atom. The smallest absolute Gasteiger partial charge is 0.326 e. The summed E-state index contributed by atoms with van der Waals surface area (Å²) in [7, 11) is 2.05. The van der Waals surface area contributed by atoms with Crippen LogP contribution in [0, 0.1) is 0 Å². The maximum Gasteiger partial charge on any atom is 0.326 e. The number of carbonyl (C=O) groups is 2. The molecule has 1 amide bonds. The fourth-order valence-electron chi connectivity index (χ4n) is 5.06. The van der Waals surface area contributed by atoms with Gasteiger partial charge in [0.05, 0.1) is 5.92 Å². The molecule has 2 atom stereocenters. The van der Waals surface area contributed by atoms with Crippen LogP contribution in [0.5, 0.6) is 0 Å². The lowest BCUT2D eigenvalue weighted by Crippen LogP contribution is -2.43. The van der Waals surface area contributed by atoms with E-state index in [1.165, 1.54) is 5.56 Å². The predicted octanol–water partition coefficient (Wildman–Crippen LogP) is 4.83. The van der Waals surface area contributed by atoms with Crippen molar-refractivity contribution >= 4 is 11.9 Å². The normalized spacial score (nSPS) is 17.7. The van der Waals surface area contributed by atoms with E-state index in [0.717, 1.165) is 36.9 Å². The van der Waals surface area contributed by atoms with Gasteiger partial charge in [-0.25, -0.2) is 4.79 Å². The third-order valence-corrected chi connectivity index (χ3v) is 7.05. The SMILES string of the molecule is CN(CCCCc1ccccc1)C1CC(C(=O)O)N(C(=O)C(c2ccccc2)c2ccccc2)C1. The fourth-order valence-corrected chi connectivity index (χ4v) is 5.06. The largest absolute Gasteiger partial charge is 0.480 e. The first kappa shape index (κ1) is 24.7. The molecule has 2 unspecified atom stereocenters. The molecule has 3 aromatic carbocycles. The third kappa shape index (κ3) is 6.17. The van der Waals surface area contributed by atoms with E-state index in [9.17, 15) is 14.7 Å². The van der Waals surface area contributed by atoms with Gasteiger partial charge in [0.1, 0.15) is 6.04 Å². The maximum absolute atomic E-state index is 13.9. The number of unbranched alkanes of at least 4 members (excludes halogenated alkanes) is 1. The Labute approximate surface area is 208 Å². The van der Waals surface area contributed by atoms with Crippen LogP contribution in [0.4, 0.5) is 0 Å². The maximum atomic E-state index is 13.9. The highest BCUT2D eigenvalue weighted by atomic mass is 16.4. The highest BCUT2D eigenvalue weighted by Gasteiger charge is 2.43. The van der Waals surface area contributed by atoms with E-state index in [-0.39, 0.29) is 11.9 Å². The third-order valence-electron chi connectivity index (χ3n) is 7.05. The number of aliphatic carboxylic acids is 1. The Hall–Kier alpha value is -3.44. The first-order valence-corrected chi connectivity index (χ1v) is 12.4. The van der Waals surface area contributed by atoms with Gasteiger partial charge < -0.3 is 14.9 Å². The number of amides is 1. The highest BCUT2D eigenvalue weighted by molar-refractivity contribution is 5.91. The topological polar surface area (TPSA) is 60.9 Å². The number of carboxylic acid groups (broad SMARTS) is 1. The summed E-state index contributed by atoms with van der Waals surface area (Å²) in [5.41, 5.74) is 3.10. The van der Waals surface area contributed by atoms with Gasteiger partial charge in [0, 0.05) is 12.6 Å². The first-order chi connectivity index (χ1) is 17.0. The van der Waals surface area contributed by atoms with Gasteiger partial charge in [0.2, 0.25) is 5.91 Å². The van der Waals surface area contributed by atoms with Crippen molar-refractivity contribution in [3.63, 3.8) is 0 Å². The summed E-state index contributed by atoms with van der Waals surface area (Å²) < 4.78 is 0. The molecule has 0 spiro atoms. The number of rotatable bonds is 10. The second kappa shape index (κ2) is 11.8. The van der Waals surface area contributed by atoms with Crippen LogP contribution in [0.15, 0.2) is 91.0 Å². The molecule has 1 aliphatic rings. The standard InChI is InChI=1S/C30H34N2O3/c1-31(20-12-11-15-23-13-5-2-6-14-23)26-21-27(30(34)35)32(22-26)29(33)28(24-16-7-3-8-17-24)25-18-9-4-10-19-25/h2-10,13-14,16-19,26-28H,11-12,15,20-22H2,1H3,(H,34,35). The quantitative estimate of drug-likeness (QED) is 0.431. The Balaban J connectivity index is 1.44.